The van der Waals surface area contributed by atoms with E-state index in [1.165, 1.54) is 0 Å². The van der Waals surface area contributed by atoms with Gasteiger partial charge in [0.15, 0.2) is 0 Å². The van der Waals surface area contributed by atoms with Crippen molar-refractivity contribution in [2.45, 2.75) is 59.6 Å². The van der Waals surface area contributed by atoms with Gasteiger partial charge in [-0.2, -0.15) is 0 Å². The van der Waals surface area contributed by atoms with Gasteiger partial charge in [0.05, 0.1) is 0 Å². The molecule has 0 aliphatic carbocycles. The van der Waals surface area contributed by atoms with Crippen molar-refractivity contribution < 1.29 is 4.74 Å². The summed E-state index contributed by atoms with van der Waals surface area (Å²) in [4.78, 5) is 0. The molecule has 104 valence electrons. The number of ether oxygens (including phenoxy) is 1. The molecule has 0 aliphatic rings. The molecule has 0 unspecified atom stereocenters. The van der Waals surface area contributed by atoms with Crippen LogP contribution in [0.25, 0.3) is 0 Å². The zero-order valence-electron chi connectivity index (χ0n) is 13.0. The van der Waals surface area contributed by atoms with Gasteiger partial charge < -0.3 is 10.1 Å². The van der Waals surface area contributed by atoms with Gasteiger partial charge in [-0.15, -0.1) is 0 Å². The number of para-hydroxylation sites is 1. The quantitative estimate of drug-likeness (QED) is 0.848. The van der Waals surface area contributed by atoms with Crippen LogP contribution in [0.15, 0.2) is 30.3 Å². The van der Waals surface area contributed by atoms with E-state index in [2.05, 4.69) is 33.0 Å². The molecule has 0 aromatic heterocycles. The summed E-state index contributed by atoms with van der Waals surface area (Å²) in [6.07, 6.45) is 0. The van der Waals surface area contributed by atoms with Gasteiger partial charge in [0.1, 0.15) is 11.4 Å². The van der Waals surface area contributed by atoms with Crippen LogP contribution in [0.4, 0.5) is 0 Å². The predicted octanol–water partition coefficient (Wildman–Crippen LogP) is 4.26. The third kappa shape index (κ3) is 11.5. The molecule has 0 saturated heterocycles. The second kappa shape index (κ2) is 7.42. The topological polar surface area (TPSA) is 21.3 Å². The molecule has 2 heteroatoms. The Morgan fingerprint density at radius 3 is 1.72 bits per heavy atom. The van der Waals surface area contributed by atoms with Crippen molar-refractivity contribution in [3.8, 4) is 5.75 Å². The lowest BCUT2D eigenvalue weighted by molar-refractivity contribution is 0.131. The van der Waals surface area contributed by atoms with Crippen molar-refractivity contribution in [1.82, 2.24) is 5.32 Å². The largest absolute Gasteiger partial charge is 0.488 e. The number of benzene rings is 1. The highest BCUT2D eigenvalue weighted by Gasteiger charge is 2.10. The van der Waals surface area contributed by atoms with Crippen LogP contribution in [-0.2, 0) is 0 Å². The Bertz CT molecular complexity index is 306. The molecule has 1 N–H and O–H groups in total. The number of hydrogen-bond acceptors (Lipinski definition) is 2. The Morgan fingerprint density at radius 1 is 0.944 bits per heavy atom. The van der Waals surface area contributed by atoms with Gasteiger partial charge >= 0.3 is 0 Å². The first-order chi connectivity index (χ1) is 8.14. The van der Waals surface area contributed by atoms with Crippen LogP contribution in [0.1, 0.15) is 48.5 Å². The average molecular weight is 251 g/mol. The summed E-state index contributed by atoms with van der Waals surface area (Å²) in [5.74, 6) is 0.931. The molecule has 1 rings (SSSR count). The number of nitrogens with one attached hydrogen (secondary N) is 1. The third-order valence-corrected chi connectivity index (χ3v) is 1.87. The summed E-state index contributed by atoms with van der Waals surface area (Å²) in [5, 5.41) is 3.28. The standard InChI is InChI=1S/C10H14O.C6H15N/c1-10(2,3)11-9-7-5-4-6-8-9;1-5-7-6(2,3)4/h4-8H,1-3H3;7H,5H2,1-4H3. The molecule has 0 atom stereocenters. The van der Waals surface area contributed by atoms with Gasteiger partial charge in [0.2, 0.25) is 0 Å². The Hall–Kier alpha value is -1.02. The Kier molecular flexibility index (Phi) is 7.00. The third-order valence-electron chi connectivity index (χ3n) is 1.87. The van der Waals surface area contributed by atoms with E-state index in [4.69, 9.17) is 4.74 Å². The van der Waals surface area contributed by atoms with Crippen molar-refractivity contribution in [3.63, 3.8) is 0 Å². The van der Waals surface area contributed by atoms with Gasteiger partial charge in [-0.1, -0.05) is 25.1 Å². The van der Waals surface area contributed by atoms with E-state index in [1.54, 1.807) is 0 Å². The van der Waals surface area contributed by atoms with E-state index in [9.17, 15) is 0 Å². The van der Waals surface area contributed by atoms with Crippen LogP contribution in [0, 0.1) is 0 Å². The highest BCUT2D eigenvalue weighted by Crippen LogP contribution is 2.16. The maximum absolute atomic E-state index is 5.60. The number of hydrogen-bond donors (Lipinski definition) is 1. The first-order valence-corrected chi connectivity index (χ1v) is 6.63. The fourth-order valence-corrected chi connectivity index (χ4v) is 1.37. The normalized spacial score (nSPS) is 11.5. The molecule has 1 aromatic rings. The predicted molar refractivity (Wildman–Crippen MR) is 80.3 cm³/mol. The lowest BCUT2D eigenvalue weighted by atomic mass is 10.1. The summed E-state index contributed by atoms with van der Waals surface area (Å²) in [6, 6.07) is 9.86. The van der Waals surface area contributed by atoms with Crippen molar-refractivity contribution in [2.24, 2.45) is 0 Å². The maximum atomic E-state index is 5.60. The molecule has 1 aromatic carbocycles. The van der Waals surface area contributed by atoms with E-state index in [0.29, 0.717) is 5.54 Å². The monoisotopic (exact) mass is 251 g/mol. The Balaban J connectivity index is 0.000000360. The van der Waals surface area contributed by atoms with Crippen molar-refractivity contribution >= 4 is 0 Å². The van der Waals surface area contributed by atoms with E-state index in [-0.39, 0.29) is 5.60 Å². The van der Waals surface area contributed by atoms with Gasteiger partial charge in [-0.3, -0.25) is 0 Å². The summed E-state index contributed by atoms with van der Waals surface area (Å²) >= 11 is 0. The zero-order chi connectivity index (χ0) is 14.2. The minimum atomic E-state index is -0.0959. The Morgan fingerprint density at radius 2 is 1.44 bits per heavy atom. The minimum absolute atomic E-state index is 0.0959. The van der Waals surface area contributed by atoms with E-state index in [0.717, 1.165) is 12.3 Å². The van der Waals surface area contributed by atoms with E-state index in [1.807, 2.05) is 51.1 Å². The summed E-state index contributed by atoms with van der Waals surface area (Å²) in [7, 11) is 0. The van der Waals surface area contributed by atoms with Gasteiger partial charge in [0, 0.05) is 5.54 Å². The summed E-state index contributed by atoms with van der Waals surface area (Å²) in [6.45, 7) is 15.8. The van der Waals surface area contributed by atoms with Crippen molar-refractivity contribution in [3.05, 3.63) is 30.3 Å². The first-order valence-electron chi connectivity index (χ1n) is 6.63. The summed E-state index contributed by atoms with van der Waals surface area (Å²) in [5.41, 5.74) is 0.204. The van der Waals surface area contributed by atoms with Gasteiger partial charge in [-0.05, 0) is 60.2 Å². The van der Waals surface area contributed by atoms with Crippen LogP contribution in [0.5, 0.6) is 5.75 Å². The molecule has 0 fully saturated rings. The van der Waals surface area contributed by atoms with Crippen LogP contribution in [-0.4, -0.2) is 17.7 Å². The molecule has 0 radical (unpaired) electrons. The fourth-order valence-electron chi connectivity index (χ4n) is 1.37. The molecule has 0 spiro atoms. The van der Waals surface area contributed by atoms with Crippen LogP contribution in [0.3, 0.4) is 0 Å². The smallest absolute Gasteiger partial charge is 0.120 e. The summed E-state index contributed by atoms with van der Waals surface area (Å²) < 4.78 is 5.60. The molecule has 0 aliphatic heterocycles. The molecule has 18 heavy (non-hydrogen) atoms. The lowest BCUT2D eigenvalue weighted by Crippen LogP contribution is -2.35. The molecular weight excluding hydrogens is 222 g/mol. The van der Waals surface area contributed by atoms with Crippen LogP contribution >= 0.6 is 0 Å². The maximum Gasteiger partial charge on any atom is 0.120 e. The highest BCUT2D eigenvalue weighted by molar-refractivity contribution is 5.21. The molecule has 2 nitrogen and oxygen atoms in total. The van der Waals surface area contributed by atoms with E-state index < -0.39 is 0 Å². The lowest BCUT2D eigenvalue weighted by Gasteiger charge is -2.20. The highest BCUT2D eigenvalue weighted by atomic mass is 16.5. The molecule has 0 amide bonds. The molecular formula is C16H29NO. The second-order valence-electron chi connectivity index (χ2n) is 6.31. The molecule has 0 heterocycles. The molecule has 0 saturated carbocycles. The zero-order valence-corrected chi connectivity index (χ0v) is 13.0. The van der Waals surface area contributed by atoms with Gasteiger partial charge in [0.25, 0.3) is 0 Å². The number of rotatable bonds is 2. The average Bonchev–Trinajstić information content (AvgIpc) is 2.15. The first kappa shape index (κ1) is 17.0. The van der Waals surface area contributed by atoms with Crippen LogP contribution in [0.2, 0.25) is 0 Å². The van der Waals surface area contributed by atoms with E-state index >= 15 is 0 Å². The van der Waals surface area contributed by atoms with Gasteiger partial charge in [-0.25, -0.2) is 0 Å². The molecule has 0 bridgehead atoms. The minimum Gasteiger partial charge on any atom is -0.488 e. The van der Waals surface area contributed by atoms with Crippen LogP contribution < -0.4 is 10.1 Å². The fraction of sp³-hybridized carbons (Fsp3) is 0.625. The second-order valence-corrected chi connectivity index (χ2v) is 6.31. The Labute approximate surface area is 113 Å². The van der Waals surface area contributed by atoms with Crippen molar-refractivity contribution in [2.75, 3.05) is 6.54 Å². The van der Waals surface area contributed by atoms with Crippen molar-refractivity contribution in [1.29, 1.82) is 0 Å². The SMILES string of the molecule is CC(C)(C)Oc1ccccc1.CCNC(C)(C)C.